The number of hydrogen-bond acceptors (Lipinski definition) is 3. The van der Waals surface area contributed by atoms with E-state index in [9.17, 15) is 22.8 Å². The predicted molar refractivity (Wildman–Crippen MR) is 88.9 cm³/mol. The summed E-state index contributed by atoms with van der Waals surface area (Å²) in [5.41, 5.74) is 0.972. The van der Waals surface area contributed by atoms with Crippen LogP contribution in [0.25, 0.3) is 0 Å². The topological polar surface area (TPSA) is 75.6 Å². The lowest BCUT2D eigenvalue weighted by Gasteiger charge is -2.29. The van der Waals surface area contributed by atoms with Gasteiger partial charge in [0.2, 0.25) is 5.91 Å². The number of carbonyl (C=O) groups excluding carboxylic acids is 1. The normalized spacial score (nSPS) is 20.6. The molecule has 0 aromatic heterocycles. The van der Waals surface area contributed by atoms with Crippen LogP contribution in [0.2, 0.25) is 0 Å². The first-order valence-corrected chi connectivity index (χ1v) is 8.41. The second-order valence-corrected chi connectivity index (χ2v) is 6.67. The predicted octanol–water partition coefficient (Wildman–Crippen LogP) is 4.23. The maximum absolute atomic E-state index is 12.7. The van der Waals surface area contributed by atoms with Crippen molar-refractivity contribution in [3.63, 3.8) is 0 Å². The third-order valence-electron chi connectivity index (χ3n) is 4.62. The molecule has 1 fully saturated rings. The zero-order valence-electron chi connectivity index (χ0n) is 14.4. The van der Waals surface area contributed by atoms with Crippen LogP contribution >= 0.6 is 0 Å². The Kier molecular flexibility index (Phi) is 6.63. The Morgan fingerprint density at radius 3 is 2.38 bits per heavy atom. The highest BCUT2D eigenvalue weighted by molar-refractivity contribution is 5.94. The quantitative estimate of drug-likeness (QED) is 0.783. The van der Waals surface area contributed by atoms with Gasteiger partial charge < -0.3 is 15.2 Å². The minimum Gasteiger partial charge on any atom is -0.478 e. The number of hydrogen-bond donors (Lipinski definition) is 2. The molecule has 0 aliphatic heterocycles. The average Bonchev–Trinajstić information content (AvgIpc) is 2.54. The molecule has 8 heteroatoms. The summed E-state index contributed by atoms with van der Waals surface area (Å²) in [6, 6.07) is 4.42. The van der Waals surface area contributed by atoms with Crippen LogP contribution in [0.4, 0.5) is 18.9 Å². The average molecular weight is 373 g/mol. The second kappa shape index (κ2) is 8.53. The van der Waals surface area contributed by atoms with Crippen LogP contribution in [-0.2, 0) is 16.1 Å². The van der Waals surface area contributed by atoms with Gasteiger partial charge in [0.1, 0.15) is 0 Å². The number of anilines is 1. The summed E-state index contributed by atoms with van der Waals surface area (Å²) >= 11 is 0. The molecule has 1 saturated carbocycles. The van der Waals surface area contributed by atoms with Gasteiger partial charge >= 0.3 is 12.1 Å². The molecule has 1 aromatic carbocycles. The largest absolute Gasteiger partial charge is 0.478 e. The van der Waals surface area contributed by atoms with E-state index >= 15 is 0 Å². The van der Waals surface area contributed by atoms with E-state index in [4.69, 9.17) is 9.84 Å². The number of halogens is 3. The number of alkyl halides is 3. The summed E-state index contributed by atoms with van der Waals surface area (Å²) in [5.74, 6) is -2.81. The zero-order chi connectivity index (χ0) is 19.3. The summed E-state index contributed by atoms with van der Waals surface area (Å²) in [6.45, 7) is 0.200. The van der Waals surface area contributed by atoms with Crippen LogP contribution in [0.15, 0.2) is 18.2 Å². The fourth-order valence-corrected chi connectivity index (χ4v) is 3.31. The fraction of sp³-hybridized carbons (Fsp3) is 0.556. The number of carboxylic acids is 1. The van der Waals surface area contributed by atoms with Crippen LogP contribution in [0, 0.1) is 11.8 Å². The van der Waals surface area contributed by atoms with Gasteiger partial charge in [0.25, 0.3) is 0 Å². The lowest BCUT2D eigenvalue weighted by atomic mass is 9.80. The lowest BCUT2D eigenvalue weighted by molar-refractivity contribution is -0.183. The zero-order valence-corrected chi connectivity index (χ0v) is 14.4. The highest BCUT2D eigenvalue weighted by Crippen LogP contribution is 2.40. The maximum Gasteiger partial charge on any atom is 0.391 e. The molecule has 1 aliphatic carbocycles. The van der Waals surface area contributed by atoms with Crippen molar-refractivity contribution in [3.8, 4) is 0 Å². The van der Waals surface area contributed by atoms with Gasteiger partial charge in [0.15, 0.2) is 0 Å². The summed E-state index contributed by atoms with van der Waals surface area (Å²) in [4.78, 5) is 23.4. The van der Waals surface area contributed by atoms with E-state index in [1.54, 1.807) is 6.07 Å². The monoisotopic (exact) mass is 373 g/mol. The number of nitrogens with one attached hydrogen (secondary N) is 1. The summed E-state index contributed by atoms with van der Waals surface area (Å²) in [5, 5.41) is 11.8. The smallest absolute Gasteiger partial charge is 0.391 e. The number of amides is 1. The van der Waals surface area contributed by atoms with Crippen molar-refractivity contribution in [1.29, 1.82) is 0 Å². The van der Waals surface area contributed by atoms with Crippen LogP contribution < -0.4 is 5.32 Å². The molecule has 0 atom stereocenters. The molecule has 0 saturated heterocycles. The Bertz CT molecular complexity index is 652. The van der Waals surface area contributed by atoms with Gasteiger partial charge in [-0.05, 0) is 55.4 Å². The molecule has 144 valence electrons. The molecule has 0 unspecified atom stereocenters. The Balaban J connectivity index is 1.94. The van der Waals surface area contributed by atoms with Crippen molar-refractivity contribution in [3.05, 3.63) is 29.3 Å². The molecule has 0 radical (unpaired) electrons. The van der Waals surface area contributed by atoms with Crippen molar-refractivity contribution in [2.24, 2.45) is 11.8 Å². The SMILES string of the molecule is COCc1cc(NC(=O)CC2CCC(C(F)(F)F)CC2)cc(C(=O)O)c1. The van der Waals surface area contributed by atoms with Gasteiger partial charge in [-0.2, -0.15) is 13.2 Å². The van der Waals surface area contributed by atoms with E-state index in [0.29, 0.717) is 24.1 Å². The van der Waals surface area contributed by atoms with Crippen LogP contribution in [0.5, 0.6) is 0 Å². The van der Waals surface area contributed by atoms with Gasteiger partial charge in [0.05, 0.1) is 18.1 Å². The fourth-order valence-electron chi connectivity index (χ4n) is 3.31. The van der Waals surface area contributed by atoms with Crippen molar-refractivity contribution in [2.45, 2.75) is 44.9 Å². The summed E-state index contributed by atoms with van der Waals surface area (Å²) < 4.78 is 43.0. The Morgan fingerprint density at radius 2 is 1.85 bits per heavy atom. The van der Waals surface area contributed by atoms with E-state index in [2.05, 4.69) is 5.32 Å². The number of methoxy groups -OCH3 is 1. The van der Waals surface area contributed by atoms with Crippen LogP contribution in [0.1, 0.15) is 48.0 Å². The molecular weight excluding hydrogens is 351 g/mol. The van der Waals surface area contributed by atoms with Gasteiger partial charge in [-0.15, -0.1) is 0 Å². The van der Waals surface area contributed by atoms with Gasteiger partial charge in [-0.1, -0.05) is 0 Å². The molecular formula is C18H22F3NO4. The minimum atomic E-state index is -4.16. The summed E-state index contributed by atoms with van der Waals surface area (Å²) in [6.07, 6.45) is -3.21. The second-order valence-electron chi connectivity index (χ2n) is 6.67. The van der Waals surface area contributed by atoms with Crippen molar-refractivity contribution >= 4 is 17.6 Å². The molecule has 0 spiro atoms. The molecule has 26 heavy (non-hydrogen) atoms. The first kappa shape index (κ1) is 20.2. The van der Waals surface area contributed by atoms with Crippen molar-refractivity contribution in [2.75, 3.05) is 12.4 Å². The number of aromatic carboxylic acids is 1. The third kappa shape index (κ3) is 5.72. The standard InChI is InChI=1S/C18H22F3NO4/c1-26-10-12-6-13(17(24)25)9-15(7-12)22-16(23)8-11-2-4-14(5-3-11)18(19,20)21/h6-7,9,11,14H,2-5,8,10H2,1H3,(H,22,23)(H,24,25). The highest BCUT2D eigenvalue weighted by atomic mass is 19.4. The van der Waals surface area contributed by atoms with Gasteiger partial charge in [-0.25, -0.2) is 4.79 Å². The van der Waals surface area contributed by atoms with E-state index < -0.39 is 18.1 Å². The van der Waals surface area contributed by atoms with Gasteiger partial charge in [0, 0.05) is 19.2 Å². The molecule has 5 nitrogen and oxygen atoms in total. The summed E-state index contributed by atoms with van der Waals surface area (Å²) in [7, 11) is 1.48. The van der Waals surface area contributed by atoms with Crippen LogP contribution in [-0.4, -0.2) is 30.3 Å². The van der Waals surface area contributed by atoms with Crippen molar-refractivity contribution < 1.29 is 32.6 Å². The highest BCUT2D eigenvalue weighted by Gasteiger charge is 2.41. The number of ether oxygens (including phenoxy) is 1. The van der Waals surface area contributed by atoms with Crippen molar-refractivity contribution in [1.82, 2.24) is 0 Å². The Hall–Kier alpha value is -2.09. The Morgan fingerprint density at radius 1 is 1.19 bits per heavy atom. The van der Waals surface area contributed by atoms with Gasteiger partial charge in [-0.3, -0.25) is 4.79 Å². The number of rotatable bonds is 6. The third-order valence-corrected chi connectivity index (χ3v) is 4.62. The number of carbonyl (C=O) groups is 2. The van der Waals surface area contributed by atoms with E-state index in [1.165, 1.54) is 19.2 Å². The molecule has 2 N–H and O–H groups in total. The molecule has 0 heterocycles. The lowest BCUT2D eigenvalue weighted by Crippen LogP contribution is -2.29. The number of carboxylic acid groups (broad SMARTS) is 1. The first-order chi connectivity index (χ1) is 12.2. The molecule has 1 amide bonds. The molecule has 2 rings (SSSR count). The van der Waals surface area contributed by atoms with E-state index in [0.717, 1.165) is 0 Å². The van der Waals surface area contributed by atoms with E-state index in [-0.39, 0.29) is 43.3 Å². The number of benzene rings is 1. The maximum atomic E-state index is 12.7. The van der Waals surface area contributed by atoms with E-state index in [1.807, 2.05) is 0 Å². The molecule has 0 bridgehead atoms. The van der Waals surface area contributed by atoms with Crippen LogP contribution in [0.3, 0.4) is 0 Å². The minimum absolute atomic E-state index is 0.0283. The first-order valence-electron chi connectivity index (χ1n) is 8.41. The molecule has 1 aromatic rings. The molecule has 1 aliphatic rings. The Labute approximate surface area is 149 Å².